The van der Waals surface area contributed by atoms with Crippen LogP contribution in [-0.4, -0.2) is 11.3 Å². The van der Waals surface area contributed by atoms with E-state index in [1.54, 1.807) is 0 Å². The van der Waals surface area contributed by atoms with E-state index in [-0.39, 0.29) is 28.4 Å². The van der Waals surface area contributed by atoms with Gasteiger partial charge >= 0.3 is 0 Å². The summed E-state index contributed by atoms with van der Waals surface area (Å²) in [4.78, 5) is 5.19. The average Bonchev–Trinajstić information content (AvgIpc) is 3.76. The van der Waals surface area contributed by atoms with Crippen LogP contribution in [0.2, 0.25) is 0 Å². The molecule has 0 saturated heterocycles. The quantitative estimate of drug-likeness (QED) is 0.159. The zero-order chi connectivity index (χ0) is 51.6. The van der Waals surface area contributed by atoms with Crippen molar-refractivity contribution in [3.05, 3.63) is 216 Å². The van der Waals surface area contributed by atoms with E-state index in [9.17, 15) is 0 Å². The number of aromatic nitrogens is 1. The van der Waals surface area contributed by atoms with Gasteiger partial charge in [0.15, 0.2) is 0 Å². The third-order valence-electron chi connectivity index (χ3n) is 16.0. The molecule has 0 amide bonds. The first-order valence-corrected chi connectivity index (χ1v) is 26.7. The zero-order valence-corrected chi connectivity index (χ0v) is 45.4. The van der Waals surface area contributed by atoms with Crippen molar-refractivity contribution in [1.29, 1.82) is 0 Å². The Bertz CT molecular complexity index is 3550. The molecule has 0 saturated carbocycles. The Kier molecular flexibility index (Phi) is 10.9. The molecule has 0 aliphatic carbocycles. The summed E-state index contributed by atoms with van der Waals surface area (Å²) in [6.07, 6.45) is 0. The van der Waals surface area contributed by atoms with Crippen molar-refractivity contribution in [3.8, 4) is 27.9 Å². The molecule has 0 atom stereocenters. The molecule has 9 aromatic carbocycles. The van der Waals surface area contributed by atoms with Gasteiger partial charge < -0.3 is 14.4 Å². The van der Waals surface area contributed by atoms with Gasteiger partial charge in [-0.15, -0.1) is 0 Å². The molecule has 2 aliphatic rings. The van der Waals surface area contributed by atoms with Crippen LogP contribution in [0.5, 0.6) is 0 Å². The second kappa shape index (κ2) is 17.0. The Hall–Kier alpha value is -7.56. The van der Waals surface area contributed by atoms with Crippen LogP contribution in [0.4, 0.5) is 34.1 Å². The van der Waals surface area contributed by atoms with Crippen LogP contribution in [0, 0.1) is 0 Å². The lowest BCUT2D eigenvalue weighted by Gasteiger charge is -2.45. The maximum atomic E-state index is 2.61. The second-order valence-electron chi connectivity index (χ2n) is 25.1. The van der Waals surface area contributed by atoms with E-state index in [1.807, 2.05) is 0 Å². The van der Waals surface area contributed by atoms with E-state index in [2.05, 4.69) is 292 Å². The number of nitrogens with zero attached hydrogens (tertiary/aromatic N) is 3. The van der Waals surface area contributed by atoms with E-state index in [1.165, 1.54) is 105 Å². The van der Waals surface area contributed by atoms with Gasteiger partial charge in [-0.1, -0.05) is 229 Å². The minimum atomic E-state index is -0.0593. The van der Waals surface area contributed by atoms with Gasteiger partial charge in [-0.05, 0) is 120 Å². The minimum absolute atomic E-state index is 0.00505. The van der Waals surface area contributed by atoms with Gasteiger partial charge in [0.25, 0.3) is 6.71 Å². The lowest BCUT2D eigenvalue weighted by Crippen LogP contribution is -2.61. The van der Waals surface area contributed by atoms with Crippen molar-refractivity contribution in [2.45, 2.75) is 105 Å². The molecule has 0 radical (unpaired) electrons. The number of benzene rings is 9. The highest BCUT2D eigenvalue weighted by atomic mass is 15.2. The summed E-state index contributed by atoms with van der Waals surface area (Å²) in [6, 6.07) is 74.3. The van der Waals surface area contributed by atoms with Crippen molar-refractivity contribution >= 4 is 79.0 Å². The molecular weight excluding hydrogens is 894 g/mol. The molecule has 3 heterocycles. The van der Waals surface area contributed by atoms with Gasteiger partial charge in [0.05, 0.1) is 16.7 Å². The van der Waals surface area contributed by atoms with Gasteiger partial charge in [0.2, 0.25) is 0 Å². The molecule has 0 spiro atoms. The van der Waals surface area contributed by atoms with Crippen molar-refractivity contribution in [3.63, 3.8) is 0 Å². The summed E-state index contributed by atoms with van der Waals surface area (Å²) in [6.45, 7) is 27.9. The van der Waals surface area contributed by atoms with E-state index >= 15 is 0 Å². The normalized spacial score (nSPS) is 13.6. The Labute approximate surface area is 440 Å². The number of para-hydroxylation sites is 2. The molecule has 0 fully saturated rings. The molecule has 12 rings (SSSR count). The van der Waals surface area contributed by atoms with Crippen LogP contribution in [0.3, 0.4) is 0 Å². The van der Waals surface area contributed by atoms with Crippen LogP contribution in [0.1, 0.15) is 105 Å². The number of rotatable bonds is 5. The predicted molar refractivity (Wildman–Crippen MR) is 320 cm³/mol. The molecule has 3 nitrogen and oxygen atoms in total. The molecule has 1 aromatic heterocycles. The first kappa shape index (κ1) is 47.4. The standard InChI is InChI=1S/C70H68BN3/c1-67(2,3)47-29-35-51(36-30-47)72-60-39-33-49(69(7,8)9)41-58(60)71-59-42-50(70(10,11)12)34-40-61(59)73(52-37-31-48(32-38-52)68(4,5)6)63-44-53(43-62(72)64(63)71)74-65-54(45-21-15-13-16-22-45)25-19-27-56(65)57-28-20-26-55(66(57)74)46-23-17-14-18-24-46/h13-44H,1-12H3. The van der Waals surface area contributed by atoms with Crippen molar-refractivity contribution in [1.82, 2.24) is 4.57 Å². The highest BCUT2D eigenvalue weighted by Gasteiger charge is 2.45. The van der Waals surface area contributed by atoms with Crippen LogP contribution in [0.25, 0.3) is 49.7 Å². The van der Waals surface area contributed by atoms with E-state index in [0.717, 1.165) is 17.1 Å². The predicted octanol–water partition coefficient (Wildman–Crippen LogP) is 17.4. The maximum absolute atomic E-state index is 2.61. The second-order valence-corrected chi connectivity index (χ2v) is 25.1. The largest absolute Gasteiger partial charge is 0.311 e. The summed E-state index contributed by atoms with van der Waals surface area (Å²) in [5, 5.41) is 2.46. The van der Waals surface area contributed by atoms with Gasteiger partial charge in [0.1, 0.15) is 0 Å². The van der Waals surface area contributed by atoms with E-state index < -0.39 is 0 Å². The summed E-state index contributed by atoms with van der Waals surface area (Å²) in [5.41, 5.74) is 24.6. The lowest BCUT2D eigenvalue weighted by atomic mass is 9.33. The third kappa shape index (κ3) is 7.79. The molecule has 0 N–H and O–H groups in total. The Morgan fingerprint density at radius 1 is 0.311 bits per heavy atom. The fraction of sp³-hybridized carbons (Fsp3) is 0.229. The SMILES string of the molecule is CC(C)(C)c1ccc(N2c3ccc(C(C)(C)C)cc3B3c4cc(C(C)(C)C)ccc4N(c4ccc(C(C)(C)C)cc4)c4cc(-n5c6c(-c7ccccc7)cccc6c6cccc(-c7ccccc7)c65)cc2c43)cc1. The number of hydrogen-bond acceptors (Lipinski definition) is 2. The lowest BCUT2D eigenvalue weighted by molar-refractivity contribution is 0.590. The fourth-order valence-electron chi connectivity index (χ4n) is 11.9. The van der Waals surface area contributed by atoms with Gasteiger partial charge in [-0.3, -0.25) is 0 Å². The molecule has 2 aliphatic heterocycles. The molecule has 0 unspecified atom stereocenters. The first-order valence-electron chi connectivity index (χ1n) is 26.7. The van der Waals surface area contributed by atoms with Crippen LogP contribution < -0.4 is 26.2 Å². The number of hydrogen-bond donors (Lipinski definition) is 0. The third-order valence-corrected chi connectivity index (χ3v) is 16.0. The highest BCUT2D eigenvalue weighted by Crippen LogP contribution is 2.49. The Morgan fingerprint density at radius 2 is 0.676 bits per heavy atom. The van der Waals surface area contributed by atoms with Crippen LogP contribution in [-0.2, 0) is 21.7 Å². The minimum Gasteiger partial charge on any atom is -0.311 e. The molecule has 4 heteroatoms. The van der Waals surface area contributed by atoms with Gasteiger partial charge in [0, 0.05) is 56.0 Å². The van der Waals surface area contributed by atoms with E-state index in [4.69, 9.17) is 0 Å². The smallest absolute Gasteiger partial charge is 0.252 e. The summed E-state index contributed by atoms with van der Waals surface area (Å²) < 4.78 is 2.61. The maximum Gasteiger partial charge on any atom is 0.252 e. The van der Waals surface area contributed by atoms with Crippen molar-refractivity contribution in [2.75, 3.05) is 9.80 Å². The molecular formula is C70H68BN3. The average molecular weight is 962 g/mol. The Morgan fingerprint density at radius 3 is 1.04 bits per heavy atom. The van der Waals surface area contributed by atoms with Crippen LogP contribution >= 0.6 is 0 Å². The summed E-state index contributed by atoms with van der Waals surface area (Å²) in [7, 11) is 0. The molecule has 10 aromatic rings. The topological polar surface area (TPSA) is 11.4 Å². The molecule has 0 bridgehead atoms. The molecule has 366 valence electrons. The van der Waals surface area contributed by atoms with Crippen LogP contribution in [0.15, 0.2) is 194 Å². The summed E-state index contributed by atoms with van der Waals surface area (Å²) in [5.74, 6) is 0. The number of anilines is 6. The number of fused-ring (bicyclic) bond motifs is 7. The van der Waals surface area contributed by atoms with Crippen molar-refractivity contribution < 1.29 is 0 Å². The fourth-order valence-corrected chi connectivity index (χ4v) is 11.9. The Balaban J connectivity index is 1.27. The monoisotopic (exact) mass is 962 g/mol. The van der Waals surface area contributed by atoms with E-state index in [0.29, 0.717) is 0 Å². The first-order chi connectivity index (χ1) is 35.3. The zero-order valence-electron chi connectivity index (χ0n) is 45.4. The summed E-state index contributed by atoms with van der Waals surface area (Å²) >= 11 is 0. The van der Waals surface area contributed by atoms with Gasteiger partial charge in [-0.25, -0.2) is 0 Å². The highest BCUT2D eigenvalue weighted by molar-refractivity contribution is 7.00. The van der Waals surface area contributed by atoms with Gasteiger partial charge in [-0.2, -0.15) is 0 Å². The van der Waals surface area contributed by atoms with Crippen molar-refractivity contribution in [2.24, 2.45) is 0 Å². The molecule has 74 heavy (non-hydrogen) atoms.